The van der Waals surface area contributed by atoms with Gasteiger partial charge in [-0.25, -0.2) is 0 Å². The van der Waals surface area contributed by atoms with Crippen molar-refractivity contribution in [1.29, 1.82) is 0 Å². The Morgan fingerprint density at radius 3 is 2.27 bits per heavy atom. The number of hydrogen-bond donors (Lipinski definition) is 1. The predicted molar refractivity (Wildman–Crippen MR) is 125 cm³/mol. The van der Waals surface area contributed by atoms with E-state index in [0.29, 0.717) is 11.8 Å². The van der Waals surface area contributed by atoms with Crippen molar-refractivity contribution in [2.24, 2.45) is 17.8 Å². The van der Waals surface area contributed by atoms with E-state index in [2.05, 4.69) is 18.7 Å². The van der Waals surface area contributed by atoms with Crippen molar-refractivity contribution in [3.63, 3.8) is 0 Å². The first-order valence-electron chi connectivity index (χ1n) is 12.8. The number of halogens is 3. The van der Waals surface area contributed by atoms with Crippen LogP contribution in [0.4, 0.5) is 13.2 Å². The van der Waals surface area contributed by atoms with Crippen LogP contribution in [-0.4, -0.2) is 35.1 Å². The third kappa shape index (κ3) is 7.46. The fourth-order valence-corrected chi connectivity index (χ4v) is 6.03. The van der Waals surface area contributed by atoms with Crippen LogP contribution in [-0.2, 0) is 11.0 Å². The van der Waals surface area contributed by atoms with E-state index in [-0.39, 0.29) is 24.3 Å². The fraction of sp³-hybridized carbons (Fsp3) is 0.741. The number of rotatable bonds is 9. The van der Waals surface area contributed by atoms with E-state index in [9.17, 15) is 23.1 Å². The second kappa shape index (κ2) is 11.7. The van der Waals surface area contributed by atoms with Gasteiger partial charge in [-0.1, -0.05) is 51.7 Å². The molecular formula is C27H40F3NO2. The average Bonchev–Trinajstić information content (AvgIpc) is 2.76. The van der Waals surface area contributed by atoms with Crippen molar-refractivity contribution < 1.29 is 23.1 Å². The zero-order chi connectivity index (χ0) is 24.0. The molecule has 3 nitrogen and oxygen atoms in total. The van der Waals surface area contributed by atoms with E-state index in [0.717, 1.165) is 44.3 Å². The summed E-state index contributed by atoms with van der Waals surface area (Å²) in [6.45, 7) is 6.44. The first kappa shape index (κ1) is 26.1. The van der Waals surface area contributed by atoms with Gasteiger partial charge in [0.2, 0.25) is 0 Å². The van der Waals surface area contributed by atoms with Gasteiger partial charge in [0.15, 0.2) is 0 Å². The Morgan fingerprint density at radius 1 is 1.03 bits per heavy atom. The highest BCUT2D eigenvalue weighted by atomic mass is 19.4. The molecule has 0 aromatic heterocycles. The third-order valence-electron chi connectivity index (χ3n) is 7.74. The molecule has 0 heterocycles. The third-order valence-corrected chi connectivity index (χ3v) is 7.74. The minimum atomic E-state index is -4.37. The number of aliphatic carboxylic acids is 1. The molecule has 2 fully saturated rings. The van der Waals surface area contributed by atoms with E-state index in [1.54, 1.807) is 12.1 Å². The van der Waals surface area contributed by atoms with E-state index < -0.39 is 17.7 Å². The number of carboxylic acid groups (broad SMARTS) is 1. The van der Waals surface area contributed by atoms with Crippen LogP contribution >= 0.6 is 0 Å². The minimum absolute atomic E-state index is 0.0483. The molecule has 3 unspecified atom stereocenters. The molecule has 6 heteroatoms. The first-order valence-corrected chi connectivity index (χ1v) is 12.8. The van der Waals surface area contributed by atoms with Crippen LogP contribution in [0.25, 0.3) is 0 Å². The van der Waals surface area contributed by atoms with Crippen molar-refractivity contribution in [2.75, 3.05) is 13.1 Å². The van der Waals surface area contributed by atoms with Gasteiger partial charge in [0.25, 0.3) is 0 Å². The summed E-state index contributed by atoms with van der Waals surface area (Å²) in [5, 5.41) is 9.58. The van der Waals surface area contributed by atoms with Gasteiger partial charge in [0, 0.05) is 24.9 Å². The minimum Gasteiger partial charge on any atom is -0.481 e. The van der Waals surface area contributed by atoms with Crippen LogP contribution < -0.4 is 0 Å². The number of carboxylic acids is 1. The Labute approximate surface area is 196 Å². The lowest BCUT2D eigenvalue weighted by molar-refractivity contribution is -0.139. The zero-order valence-corrected chi connectivity index (χ0v) is 20.1. The molecular weight excluding hydrogens is 427 g/mol. The summed E-state index contributed by atoms with van der Waals surface area (Å²) in [5.74, 6) is 0.318. The molecule has 2 aliphatic carbocycles. The lowest BCUT2D eigenvalue weighted by Gasteiger charge is -2.46. The zero-order valence-electron chi connectivity index (χ0n) is 20.1. The van der Waals surface area contributed by atoms with Gasteiger partial charge in [-0.2, -0.15) is 13.2 Å². The van der Waals surface area contributed by atoms with Gasteiger partial charge in [0.1, 0.15) is 0 Å². The van der Waals surface area contributed by atoms with E-state index in [1.807, 2.05) is 0 Å². The number of carbonyl (C=O) groups is 1. The average molecular weight is 468 g/mol. The lowest BCUT2D eigenvalue weighted by Crippen LogP contribution is -2.47. The summed E-state index contributed by atoms with van der Waals surface area (Å²) in [5.41, 5.74) is 0.212. The molecule has 3 rings (SSSR count). The molecule has 1 aromatic carbocycles. The van der Waals surface area contributed by atoms with Gasteiger partial charge in [-0.05, 0) is 74.1 Å². The van der Waals surface area contributed by atoms with Crippen LogP contribution in [0.2, 0.25) is 0 Å². The molecule has 2 aliphatic rings. The summed E-state index contributed by atoms with van der Waals surface area (Å²) in [6.07, 6.45) is 5.90. The molecule has 0 radical (unpaired) electrons. The van der Waals surface area contributed by atoms with E-state index in [1.165, 1.54) is 44.2 Å². The Balaban J connectivity index is 1.91. The van der Waals surface area contributed by atoms with E-state index >= 15 is 0 Å². The van der Waals surface area contributed by atoms with Crippen molar-refractivity contribution >= 4 is 5.97 Å². The summed E-state index contributed by atoms with van der Waals surface area (Å²) >= 11 is 0. The molecule has 1 aromatic rings. The highest BCUT2D eigenvalue weighted by molar-refractivity contribution is 5.67. The molecule has 33 heavy (non-hydrogen) atoms. The van der Waals surface area contributed by atoms with Crippen molar-refractivity contribution in [2.45, 2.75) is 96.2 Å². The highest BCUT2D eigenvalue weighted by Gasteiger charge is 2.39. The van der Waals surface area contributed by atoms with Crippen LogP contribution in [0.15, 0.2) is 24.3 Å². The second-order valence-electron chi connectivity index (χ2n) is 10.7. The Hall–Kier alpha value is -1.56. The van der Waals surface area contributed by atoms with Crippen molar-refractivity contribution in [1.82, 2.24) is 4.90 Å². The Kier molecular flexibility index (Phi) is 9.25. The van der Waals surface area contributed by atoms with Gasteiger partial charge in [-0.3, -0.25) is 9.69 Å². The Morgan fingerprint density at radius 2 is 1.70 bits per heavy atom. The van der Waals surface area contributed by atoms with Crippen LogP contribution in [0.1, 0.15) is 95.1 Å². The van der Waals surface area contributed by atoms with Gasteiger partial charge >= 0.3 is 12.1 Å². The second-order valence-corrected chi connectivity index (χ2v) is 10.7. The SMILES string of the molecule is CC(C)CCN(CC1CCCCC1)C1CCCC(CC(=O)O)C1c1ccc(C(F)(F)F)cc1. The molecule has 0 aliphatic heterocycles. The number of hydrogen-bond acceptors (Lipinski definition) is 2. The monoisotopic (exact) mass is 467 g/mol. The summed E-state index contributed by atoms with van der Waals surface area (Å²) in [4.78, 5) is 14.3. The van der Waals surface area contributed by atoms with Crippen molar-refractivity contribution in [3.05, 3.63) is 35.4 Å². The highest BCUT2D eigenvalue weighted by Crippen LogP contribution is 2.44. The molecule has 0 saturated heterocycles. The normalized spacial score (nSPS) is 25.0. The molecule has 3 atom stereocenters. The van der Waals surface area contributed by atoms with Crippen LogP contribution in [0, 0.1) is 17.8 Å². The van der Waals surface area contributed by atoms with Crippen molar-refractivity contribution in [3.8, 4) is 0 Å². The predicted octanol–water partition coefficient (Wildman–Crippen LogP) is 7.36. The maximum Gasteiger partial charge on any atom is 0.416 e. The van der Waals surface area contributed by atoms with Gasteiger partial charge in [0.05, 0.1) is 5.56 Å². The fourth-order valence-electron chi connectivity index (χ4n) is 6.03. The maximum atomic E-state index is 13.2. The quantitative estimate of drug-likeness (QED) is 0.412. The molecule has 186 valence electrons. The molecule has 1 N–H and O–H groups in total. The van der Waals surface area contributed by atoms with E-state index in [4.69, 9.17) is 0 Å². The topological polar surface area (TPSA) is 40.5 Å². The summed E-state index contributed by atoms with van der Waals surface area (Å²) in [6, 6.07) is 5.71. The van der Waals surface area contributed by atoms with Crippen LogP contribution in [0.3, 0.4) is 0 Å². The number of benzene rings is 1. The molecule has 0 spiro atoms. The number of alkyl halides is 3. The largest absolute Gasteiger partial charge is 0.481 e. The van der Waals surface area contributed by atoms with Gasteiger partial charge < -0.3 is 5.11 Å². The standard InChI is InChI=1S/C27H40F3NO2/c1-19(2)15-16-31(18-20-7-4-3-5-8-20)24-10-6-9-22(17-25(32)33)26(24)21-11-13-23(14-12-21)27(28,29)30/h11-14,19-20,22,24,26H,3-10,15-18H2,1-2H3,(H,32,33). The van der Waals surface area contributed by atoms with Gasteiger partial charge in [-0.15, -0.1) is 0 Å². The number of nitrogens with zero attached hydrogens (tertiary/aromatic N) is 1. The summed E-state index contributed by atoms with van der Waals surface area (Å²) in [7, 11) is 0. The summed E-state index contributed by atoms with van der Waals surface area (Å²) < 4.78 is 39.5. The molecule has 0 bridgehead atoms. The lowest BCUT2D eigenvalue weighted by atomic mass is 9.70. The first-order chi connectivity index (χ1) is 15.6. The van der Waals surface area contributed by atoms with Crippen LogP contribution in [0.5, 0.6) is 0 Å². The maximum absolute atomic E-state index is 13.2. The Bertz CT molecular complexity index is 741. The molecule has 0 amide bonds. The smallest absolute Gasteiger partial charge is 0.416 e. The molecule has 2 saturated carbocycles.